The van der Waals surface area contributed by atoms with Gasteiger partial charge in [-0.2, -0.15) is 0 Å². The van der Waals surface area contributed by atoms with Crippen molar-refractivity contribution in [1.82, 2.24) is 5.32 Å². The van der Waals surface area contributed by atoms with E-state index < -0.39 is 17.9 Å². The third-order valence-electron chi connectivity index (χ3n) is 3.74. The fourth-order valence-electron chi connectivity index (χ4n) is 2.60. The van der Waals surface area contributed by atoms with Gasteiger partial charge in [0.05, 0.1) is 25.2 Å². The summed E-state index contributed by atoms with van der Waals surface area (Å²) in [4.78, 5) is 24.6. The SMILES string of the molecule is O=C(NC1COCC1C(=O)O)C1CSc2ccccc21. The molecule has 0 saturated carbocycles. The first kappa shape index (κ1) is 13.5. The van der Waals surface area contributed by atoms with Crippen LogP contribution in [0.4, 0.5) is 0 Å². The van der Waals surface area contributed by atoms with Crippen molar-refractivity contribution in [1.29, 1.82) is 0 Å². The summed E-state index contributed by atoms with van der Waals surface area (Å²) in [6.45, 7) is 0.431. The maximum atomic E-state index is 12.4. The number of carboxylic acid groups (broad SMARTS) is 1. The van der Waals surface area contributed by atoms with E-state index in [1.54, 1.807) is 11.8 Å². The highest BCUT2D eigenvalue weighted by Crippen LogP contribution is 2.39. The molecule has 0 radical (unpaired) electrons. The molecule has 2 N–H and O–H groups in total. The summed E-state index contributed by atoms with van der Waals surface area (Å²) in [5.41, 5.74) is 1.03. The molecule has 1 aromatic carbocycles. The van der Waals surface area contributed by atoms with Gasteiger partial charge >= 0.3 is 5.97 Å². The number of nitrogens with one attached hydrogen (secondary N) is 1. The quantitative estimate of drug-likeness (QED) is 0.872. The van der Waals surface area contributed by atoms with E-state index in [4.69, 9.17) is 9.84 Å². The van der Waals surface area contributed by atoms with E-state index in [0.717, 1.165) is 10.5 Å². The van der Waals surface area contributed by atoms with Crippen LogP contribution < -0.4 is 5.32 Å². The second kappa shape index (κ2) is 5.46. The van der Waals surface area contributed by atoms with Crippen molar-refractivity contribution >= 4 is 23.6 Å². The maximum absolute atomic E-state index is 12.4. The predicted octanol–water partition coefficient (Wildman–Crippen LogP) is 1.09. The van der Waals surface area contributed by atoms with Crippen LogP contribution in [0.15, 0.2) is 29.2 Å². The molecule has 1 saturated heterocycles. The van der Waals surface area contributed by atoms with Gasteiger partial charge < -0.3 is 15.2 Å². The molecule has 106 valence electrons. The number of hydrogen-bond donors (Lipinski definition) is 2. The van der Waals surface area contributed by atoms with Crippen LogP contribution in [0.1, 0.15) is 11.5 Å². The standard InChI is InChI=1S/C14H15NO4S/c16-13(15-11-6-19-5-9(11)14(17)18)10-7-20-12-4-2-1-3-8(10)12/h1-4,9-11H,5-7H2,(H,15,16)(H,17,18). The van der Waals surface area contributed by atoms with Gasteiger partial charge in [0.1, 0.15) is 5.92 Å². The molecule has 3 atom stereocenters. The van der Waals surface area contributed by atoms with Crippen molar-refractivity contribution in [2.75, 3.05) is 19.0 Å². The fourth-order valence-corrected chi connectivity index (χ4v) is 3.83. The number of carboxylic acids is 1. The van der Waals surface area contributed by atoms with E-state index in [2.05, 4.69) is 5.32 Å². The summed E-state index contributed by atoms with van der Waals surface area (Å²) >= 11 is 1.66. The Kier molecular flexibility index (Phi) is 3.67. The van der Waals surface area contributed by atoms with Gasteiger partial charge in [-0.15, -0.1) is 11.8 Å². The minimum absolute atomic E-state index is 0.107. The molecule has 3 unspecified atom stereocenters. The van der Waals surface area contributed by atoms with Gasteiger partial charge in [-0.1, -0.05) is 18.2 Å². The topological polar surface area (TPSA) is 75.6 Å². The van der Waals surface area contributed by atoms with E-state index in [1.165, 1.54) is 0 Å². The summed E-state index contributed by atoms with van der Waals surface area (Å²) in [7, 11) is 0. The minimum Gasteiger partial charge on any atom is -0.481 e. The molecule has 3 rings (SSSR count). The van der Waals surface area contributed by atoms with E-state index in [1.807, 2.05) is 24.3 Å². The summed E-state index contributed by atoms with van der Waals surface area (Å²) < 4.78 is 5.16. The second-order valence-corrected chi connectivity index (χ2v) is 6.06. The zero-order chi connectivity index (χ0) is 14.1. The van der Waals surface area contributed by atoms with Crippen LogP contribution in [0.5, 0.6) is 0 Å². The molecule has 1 fully saturated rings. The number of fused-ring (bicyclic) bond motifs is 1. The van der Waals surface area contributed by atoms with Crippen LogP contribution in [0.3, 0.4) is 0 Å². The number of ether oxygens (including phenoxy) is 1. The molecule has 2 aliphatic heterocycles. The van der Waals surface area contributed by atoms with Crippen molar-refractivity contribution in [3.8, 4) is 0 Å². The van der Waals surface area contributed by atoms with Gasteiger partial charge in [0, 0.05) is 10.6 Å². The number of carbonyl (C=O) groups is 2. The van der Waals surface area contributed by atoms with Gasteiger partial charge in [-0.25, -0.2) is 0 Å². The van der Waals surface area contributed by atoms with Crippen LogP contribution in [0.25, 0.3) is 0 Å². The summed E-state index contributed by atoms with van der Waals surface area (Å²) in [6.07, 6.45) is 0. The Morgan fingerprint density at radius 3 is 2.90 bits per heavy atom. The van der Waals surface area contributed by atoms with Crippen LogP contribution in [-0.4, -0.2) is 42.0 Å². The van der Waals surface area contributed by atoms with Gasteiger partial charge in [0.25, 0.3) is 0 Å². The Balaban J connectivity index is 1.70. The normalized spacial score (nSPS) is 28.1. The lowest BCUT2D eigenvalue weighted by molar-refractivity contribution is -0.142. The lowest BCUT2D eigenvalue weighted by atomic mass is 9.98. The zero-order valence-corrected chi connectivity index (χ0v) is 11.6. The zero-order valence-electron chi connectivity index (χ0n) is 10.7. The molecule has 0 aliphatic carbocycles. The van der Waals surface area contributed by atoms with Gasteiger partial charge in [0.15, 0.2) is 0 Å². The molecule has 20 heavy (non-hydrogen) atoms. The monoisotopic (exact) mass is 293 g/mol. The molecule has 0 spiro atoms. The van der Waals surface area contributed by atoms with Crippen LogP contribution >= 0.6 is 11.8 Å². The van der Waals surface area contributed by atoms with E-state index in [-0.39, 0.29) is 25.0 Å². The number of aliphatic carboxylic acids is 1. The largest absolute Gasteiger partial charge is 0.481 e. The first-order valence-electron chi connectivity index (χ1n) is 6.49. The van der Waals surface area contributed by atoms with E-state index in [9.17, 15) is 9.59 Å². The lowest BCUT2D eigenvalue weighted by Crippen LogP contribution is -2.44. The number of carbonyl (C=O) groups excluding carboxylic acids is 1. The molecule has 1 aromatic rings. The number of rotatable bonds is 3. The van der Waals surface area contributed by atoms with Crippen molar-refractivity contribution in [3.05, 3.63) is 29.8 Å². The van der Waals surface area contributed by atoms with Crippen LogP contribution in [0, 0.1) is 5.92 Å². The first-order chi connectivity index (χ1) is 9.66. The maximum Gasteiger partial charge on any atom is 0.311 e. The number of hydrogen-bond acceptors (Lipinski definition) is 4. The average Bonchev–Trinajstić information content (AvgIpc) is 3.04. The fraction of sp³-hybridized carbons (Fsp3) is 0.429. The van der Waals surface area contributed by atoms with E-state index >= 15 is 0 Å². The number of benzene rings is 1. The Bertz CT molecular complexity index is 548. The Hall–Kier alpha value is -1.53. The molecule has 2 heterocycles. The van der Waals surface area contributed by atoms with Crippen molar-refractivity contribution < 1.29 is 19.4 Å². The molecule has 2 aliphatic rings. The molecule has 1 amide bonds. The average molecular weight is 293 g/mol. The van der Waals surface area contributed by atoms with Gasteiger partial charge in [0.2, 0.25) is 5.91 Å². The highest BCUT2D eigenvalue weighted by atomic mass is 32.2. The number of thioether (sulfide) groups is 1. The predicted molar refractivity (Wildman–Crippen MR) is 73.8 cm³/mol. The Morgan fingerprint density at radius 1 is 1.30 bits per heavy atom. The Labute approximate surface area is 120 Å². The number of amides is 1. The second-order valence-electron chi connectivity index (χ2n) is 5.00. The smallest absolute Gasteiger partial charge is 0.311 e. The third-order valence-corrected chi connectivity index (χ3v) is 4.92. The highest BCUT2D eigenvalue weighted by molar-refractivity contribution is 7.99. The summed E-state index contributed by atoms with van der Waals surface area (Å²) in [6, 6.07) is 7.41. The van der Waals surface area contributed by atoms with Gasteiger partial charge in [-0.05, 0) is 11.6 Å². The molecular weight excluding hydrogens is 278 g/mol. The van der Waals surface area contributed by atoms with Crippen LogP contribution in [0.2, 0.25) is 0 Å². The summed E-state index contributed by atoms with van der Waals surface area (Å²) in [5.74, 6) is -1.18. The van der Waals surface area contributed by atoms with E-state index in [0.29, 0.717) is 5.75 Å². The van der Waals surface area contributed by atoms with Crippen molar-refractivity contribution in [2.45, 2.75) is 16.9 Å². The summed E-state index contributed by atoms with van der Waals surface area (Å²) in [5, 5.41) is 11.9. The minimum atomic E-state index is -0.922. The molecule has 0 bridgehead atoms. The highest BCUT2D eigenvalue weighted by Gasteiger charge is 2.37. The van der Waals surface area contributed by atoms with Crippen LogP contribution in [-0.2, 0) is 14.3 Å². The molecule has 6 heteroatoms. The molecular formula is C14H15NO4S. The van der Waals surface area contributed by atoms with Crippen molar-refractivity contribution in [3.63, 3.8) is 0 Å². The van der Waals surface area contributed by atoms with Crippen molar-refractivity contribution in [2.24, 2.45) is 5.92 Å². The lowest BCUT2D eigenvalue weighted by Gasteiger charge is -2.18. The first-order valence-corrected chi connectivity index (χ1v) is 7.48. The Morgan fingerprint density at radius 2 is 2.10 bits per heavy atom. The molecule has 5 nitrogen and oxygen atoms in total. The third kappa shape index (κ3) is 2.41. The van der Waals surface area contributed by atoms with Gasteiger partial charge in [-0.3, -0.25) is 9.59 Å². The molecule has 0 aromatic heterocycles.